The van der Waals surface area contributed by atoms with Crippen LogP contribution >= 0.6 is 11.8 Å². The average molecular weight is 226 g/mol. The van der Waals surface area contributed by atoms with E-state index in [4.69, 9.17) is 6.42 Å². The van der Waals surface area contributed by atoms with Crippen molar-refractivity contribution in [3.05, 3.63) is 0 Å². The highest BCUT2D eigenvalue weighted by molar-refractivity contribution is 7.99. The van der Waals surface area contributed by atoms with E-state index in [0.29, 0.717) is 11.3 Å². The summed E-state index contributed by atoms with van der Waals surface area (Å²) in [5, 5.41) is 0.674. The molecule has 86 valence electrons. The standard InChI is InChI=1S/C12H22N2S/c1-7-12(2,3)14-8-10(13(4)5)11(9-14)15-6/h1,10-11H,8-9H2,2-6H3. The SMILES string of the molecule is C#CC(C)(C)N1CC(SC)C(N(C)C)C1. The smallest absolute Gasteiger partial charge is 0.0767 e. The molecule has 1 rings (SSSR count). The van der Waals surface area contributed by atoms with E-state index in [2.05, 4.69) is 49.9 Å². The van der Waals surface area contributed by atoms with E-state index in [9.17, 15) is 0 Å². The van der Waals surface area contributed by atoms with E-state index in [-0.39, 0.29) is 5.54 Å². The lowest BCUT2D eigenvalue weighted by molar-refractivity contribution is 0.192. The number of nitrogens with zero attached hydrogens (tertiary/aromatic N) is 2. The van der Waals surface area contributed by atoms with Gasteiger partial charge in [-0.1, -0.05) is 5.92 Å². The van der Waals surface area contributed by atoms with Gasteiger partial charge in [0.2, 0.25) is 0 Å². The van der Waals surface area contributed by atoms with Gasteiger partial charge in [0.25, 0.3) is 0 Å². The van der Waals surface area contributed by atoms with Gasteiger partial charge in [-0.05, 0) is 34.2 Å². The molecule has 3 heteroatoms. The second kappa shape index (κ2) is 4.78. The number of likely N-dealkylation sites (tertiary alicyclic amines) is 1. The molecule has 2 unspecified atom stereocenters. The van der Waals surface area contributed by atoms with Crippen molar-refractivity contribution >= 4 is 11.8 Å². The summed E-state index contributed by atoms with van der Waals surface area (Å²) in [6.45, 7) is 6.43. The molecule has 0 N–H and O–H groups in total. The summed E-state index contributed by atoms with van der Waals surface area (Å²) in [6, 6.07) is 0.618. The maximum Gasteiger partial charge on any atom is 0.0767 e. The molecule has 2 nitrogen and oxygen atoms in total. The Kier molecular flexibility index (Phi) is 4.11. The summed E-state index contributed by atoms with van der Waals surface area (Å²) in [5.74, 6) is 2.89. The van der Waals surface area contributed by atoms with Crippen LogP contribution in [0.3, 0.4) is 0 Å². The maximum absolute atomic E-state index is 5.58. The summed E-state index contributed by atoms with van der Waals surface area (Å²) in [7, 11) is 4.31. The van der Waals surface area contributed by atoms with Crippen LogP contribution in [-0.4, -0.2) is 60.1 Å². The second-order valence-corrected chi connectivity index (χ2v) is 5.99. The summed E-state index contributed by atoms with van der Waals surface area (Å²) >= 11 is 1.95. The number of thioether (sulfide) groups is 1. The van der Waals surface area contributed by atoms with E-state index >= 15 is 0 Å². The highest BCUT2D eigenvalue weighted by atomic mass is 32.2. The van der Waals surface area contributed by atoms with Gasteiger partial charge in [-0.2, -0.15) is 11.8 Å². The normalized spacial score (nSPS) is 28.3. The molecule has 0 radical (unpaired) electrons. The van der Waals surface area contributed by atoms with Crippen LogP contribution in [0.25, 0.3) is 0 Å². The van der Waals surface area contributed by atoms with Crippen LogP contribution in [0.4, 0.5) is 0 Å². The molecule has 0 bridgehead atoms. The molecule has 0 aromatic heterocycles. The maximum atomic E-state index is 5.58. The minimum atomic E-state index is -0.112. The molecule has 15 heavy (non-hydrogen) atoms. The van der Waals surface area contributed by atoms with Crippen molar-refractivity contribution < 1.29 is 0 Å². The summed E-state index contributed by atoms with van der Waals surface area (Å²) in [6.07, 6.45) is 7.77. The molecule has 0 saturated carbocycles. The molecule has 0 aliphatic carbocycles. The Morgan fingerprint density at radius 1 is 1.40 bits per heavy atom. The minimum absolute atomic E-state index is 0.112. The third kappa shape index (κ3) is 2.69. The first-order chi connectivity index (χ1) is 6.92. The van der Waals surface area contributed by atoms with Gasteiger partial charge in [0.1, 0.15) is 0 Å². The molecule has 2 atom stereocenters. The first kappa shape index (κ1) is 12.9. The molecule has 1 aliphatic rings. The zero-order valence-electron chi connectivity index (χ0n) is 10.4. The molecule has 0 aromatic carbocycles. The Morgan fingerprint density at radius 3 is 2.33 bits per heavy atom. The van der Waals surface area contributed by atoms with Gasteiger partial charge in [-0.3, -0.25) is 4.90 Å². The minimum Gasteiger partial charge on any atom is -0.304 e. The van der Waals surface area contributed by atoms with Gasteiger partial charge >= 0.3 is 0 Å². The topological polar surface area (TPSA) is 6.48 Å². The molecular formula is C12H22N2S. The Labute approximate surface area is 98.4 Å². The highest BCUT2D eigenvalue weighted by Crippen LogP contribution is 2.28. The summed E-state index contributed by atoms with van der Waals surface area (Å²) in [5.41, 5.74) is -0.112. The van der Waals surface area contributed by atoms with E-state index in [1.54, 1.807) is 0 Å². The zero-order valence-corrected chi connectivity index (χ0v) is 11.3. The fraction of sp³-hybridized carbons (Fsp3) is 0.833. The summed E-state index contributed by atoms with van der Waals surface area (Å²) in [4.78, 5) is 4.73. The van der Waals surface area contributed by atoms with Crippen LogP contribution in [0.1, 0.15) is 13.8 Å². The fourth-order valence-corrected chi connectivity index (χ4v) is 3.00. The van der Waals surface area contributed by atoms with Crippen molar-refractivity contribution in [3.8, 4) is 12.3 Å². The van der Waals surface area contributed by atoms with E-state index in [1.165, 1.54) is 0 Å². The van der Waals surface area contributed by atoms with Crippen LogP contribution in [0.2, 0.25) is 0 Å². The van der Waals surface area contributed by atoms with E-state index in [0.717, 1.165) is 13.1 Å². The predicted molar refractivity (Wildman–Crippen MR) is 69.3 cm³/mol. The lowest BCUT2D eigenvalue weighted by Gasteiger charge is -2.31. The van der Waals surface area contributed by atoms with Crippen LogP contribution in [-0.2, 0) is 0 Å². The van der Waals surface area contributed by atoms with Crippen molar-refractivity contribution in [1.29, 1.82) is 0 Å². The third-order valence-electron chi connectivity index (χ3n) is 3.35. The number of hydrogen-bond donors (Lipinski definition) is 0. The van der Waals surface area contributed by atoms with Gasteiger partial charge in [-0.25, -0.2) is 0 Å². The second-order valence-electron chi connectivity index (χ2n) is 4.91. The first-order valence-corrected chi connectivity index (χ1v) is 6.63. The predicted octanol–water partition coefficient (Wildman–Crippen LogP) is 1.38. The van der Waals surface area contributed by atoms with Gasteiger partial charge in [0, 0.05) is 24.4 Å². The molecule has 1 saturated heterocycles. The van der Waals surface area contributed by atoms with Crippen LogP contribution in [0, 0.1) is 12.3 Å². The monoisotopic (exact) mass is 226 g/mol. The average Bonchev–Trinajstić information content (AvgIpc) is 2.62. The Balaban J connectivity index is 2.74. The molecule has 0 amide bonds. The molecule has 0 aromatic rings. The van der Waals surface area contributed by atoms with Crippen LogP contribution < -0.4 is 0 Å². The Morgan fingerprint density at radius 2 is 2.00 bits per heavy atom. The van der Waals surface area contributed by atoms with Gasteiger partial charge in [0.05, 0.1) is 5.54 Å². The molecule has 0 spiro atoms. The Hall–Kier alpha value is -0.170. The van der Waals surface area contributed by atoms with Crippen molar-refractivity contribution in [1.82, 2.24) is 9.80 Å². The van der Waals surface area contributed by atoms with Gasteiger partial charge in [0.15, 0.2) is 0 Å². The van der Waals surface area contributed by atoms with E-state index < -0.39 is 0 Å². The lowest BCUT2D eigenvalue weighted by Crippen LogP contribution is -2.43. The number of likely N-dealkylation sites (N-methyl/N-ethyl adjacent to an activating group) is 1. The molecule has 1 heterocycles. The van der Waals surface area contributed by atoms with Crippen molar-refractivity contribution in [2.45, 2.75) is 30.7 Å². The van der Waals surface area contributed by atoms with Gasteiger partial charge < -0.3 is 4.90 Å². The quantitative estimate of drug-likeness (QED) is 0.671. The zero-order chi connectivity index (χ0) is 11.6. The third-order valence-corrected chi connectivity index (χ3v) is 4.42. The number of terminal acetylenes is 1. The fourth-order valence-electron chi connectivity index (χ4n) is 2.03. The Bertz CT molecular complexity index is 255. The van der Waals surface area contributed by atoms with Crippen LogP contribution in [0.5, 0.6) is 0 Å². The molecule has 1 fully saturated rings. The van der Waals surface area contributed by atoms with Gasteiger partial charge in [-0.15, -0.1) is 6.42 Å². The highest BCUT2D eigenvalue weighted by Gasteiger charge is 2.39. The first-order valence-electron chi connectivity index (χ1n) is 5.34. The van der Waals surface area contributed by atoms with Crippen molar-refractivity contribution in [3.63, 3.8) is 0 Å². The summed E-state index contributed by atoms with van der Waals surface area (Å²) < 4.78 is 0. The lowest BCUT2D eigenvalue weighted by atomic mass is 10.1. The van der Waals surface area contributed by atoms with Crippen LogP contribution in [0.15, 0.2) is 0 Å². The number of rotatable bonds is 3. The molecular weight excluding hydrogens is 204 g/mol. The van der Waals surface area contributed by atoms with Crippen molar-refractivity contribution in [2.24, 2.45) is 0 Å². The van der Waals surface area contributed by atoms with E-state index in [1.807, 2.05) is 11.8 Å². The largest absolute Gasteiger partial charge is 0.304 e. The molecule has 1 aliphatic heterocycles. The van der Waals surface area contributed by atoms with Crippen molar-refractivity contribution in [2.75, 3.05) is 33.4 Å². The number of hydrogen-bond acceptors (Lipinski definition) is 3.